The summed E-state index contributed by atoms with van der Waals surface area (Å²) in [5.74, 6) is 1.79. The topological polar surface area (TPSA) is 30.7 Å². The normalized spacial score (nSPS) is 13.5. The number of para-hydroxylation sites is 2. The van der Waals surface area contributed by atoms with Crippen molar-refractivity contribution < 1.29 is 28.3 Å². The Morgan fingerprint density at radius 2 is 1.41 bits per heavy atom. The summed E-state index contributed by atoms with van der Waals surface area (Å²) in [4.78, 5) is 9.39. The molecule has 0 unspecified atom stereocenters. The molecule has 10 rings (SSSR count). The number of imidazole rings is 1. The van der Waals surface area contributed by atoms with E-state index in [1.165, 1.54) is 50.8 Å². The molecule has 58 heavy (non-hydrogen) atoms. The van der Waals surface area contributed by atoms with Gasteiger partial charge in [-0.1, -0.05) is 111 Å². The van der Waals surface area contributed by atoms with Crippen molar-refractivity contribution in [3.63, 3.8) is 0 Å². The van der Waals surface area contributed by atoms with E-state index < -0.39 is 13.7 Å². The zero-order valence-corrected chi connectivity index (χ0v) is 36.2. The molecule has 1 radical (unpaired) electrons. The molecule has 0 saturated carbocycles. The Morgan fingerprint density at radius 1 is 0.672 bits per heavy atom. The summed E-state index contributed by atoms with van der Waals surface area (Å²) in [5, 5.41) is 6.85. The van der Waals surface area contributed by atoms with Crippen molar-refractivity contribution in [2.75, 3.05) is 0 Å². The molecule has 3 heterocycles. The number of rotatable bonds is 5. The van der Waals surface area contributed by atoms with Crippen molar-refractivity contribution in [1.82, 2.24) is 14.5 Å². The summed E-state index contributed by atoms with van der Waals surface area (Å²) in [6.07, 6.45) is 1.17. The van der Waals surface area contributed by atoms with Gasteiger partial charge in [-0.3, -0.25) is 4.98 Å². The van der Waals surface area contributed by atoms with Gasteiger partial charge in [0.2, 0.25) is 0 Å². The van der Waals surface area contributed by atoms with E-state index in [1.807, 2.05) is 36.4 Å². The van der Waals surface area contributed by atoms with Crippen molar-refractivity contribution in [3.8, 4) is 28.3 Å². The molecule has 0 aliphatic rings. The largest absolute Gasteiger partial charge is 0.333 e. The van der Waals surface area contributed by atoms with E-state index in [0.29, 0.717) is 23.1 Å². The molecule has 10 aromatic rings. The van der Waals surface area contributed by atoms with Gasteiger partial charge in [0.1, 0.15) is 0 Å². The summed E-state index contributed by atoms with van der Waals surface area (Å²) in [6, 6.07) is 50.0. The second-order valence-corrected chi connectivity index (χ2v) is 16.4. The average molecular weight is 954 g/mol. The van der Waals surface area contributed by atoms with E-state index in [1.54, 1.807) is 11.3 Å². The Labute approximate surface area is 367 Å². The average Bonchev–Trinajstić information content (AvgIpc) is 3.83. The second kappa shape index (κ2) is 16.1. The van der Waals surface area contributed by atoms with E-state index in [4.69, 9.17) is 13.2 Å². The monoisotopic (exact) mass is 954 g/mol. The summed E-state index contributed by atoms with van der Waals surface area (Å²) in [6.45, 7) is 6.15. The summed E-state index contributed by atoms with van der Waals surface area (Å²) in [5.41, 5.74) is 9.11. The SMILES string of the molecule is Cc1cc(C(C)C)c(-n2c(-c3[c-]cccc3)nc3ccccc32)c(C(C)C)c1.[2H]C([2H])([2H])c1cnc(-c2[c-]ccc3c2sc2cc4ccc5ccccc5c4cc23)cc1C([2H])([2H])[2H].[Ir]. The molecule has 7 aromatic carbocycles. The molecule has 5 heteroatoms. The number of benzene rings is 7. The van der Waals surface area contributed by atoms with Crippen LogP contribution in [0.15, 0.2) is 134 Å². The minimum absolute atomic E-state index is 0. The molecule has 0 fully saturated rings. The maximum absolute atomic E-state index is 7.90. The summed E-state index contributed by atoms with van der Waals surface area (Å²) < 4.78 is 51.3. The fourth-order valence-electron chi connectivity index (χ4n) is 7.96. The van der Waals surface area contributed by atoms with Crippen molar-refractivity contribution in [2.24, 2.45) is 0 Å². The third kappa shape index (κ3) is 7.06. The molecule has 0 N–H and O–H groups in total. The Bertz CT molecular complexity index is 3320. The Morgan fingerprint density at radius 3 is 2.17 bits per heavy atom. The molecule has 0 aliphatic carbocycles. The number of aryl methyl sites for hydroxylation is 3. The molecule has 3 aromatic heterocycles. The number of aromatic nitrogens is 3. The maximum Gasteiger partial charge on any atom is 0.0774 e. The van der Waals surface area contributed by atoms with E-state index in [0.717, 1.165) is 48.0 Å². The quantitative estimate of drug-likeness (QED) is 0.127. The maximum atomic E-state index is 7.90. The van der Waals surface area contributed by atoms with Crippen molar-refractivity contribution in [3.05, 3.63) is 174 Å². The molecule has 0 saturated heterocycles. The van der Waals surface area contributed by atoms with Gasteiger partial charge in [0.05, 0.1) is 16.9 Å². The Balaban J connectivity index is 0.000000177. The first-order chi connectivity index (χ1) is 30.1. The third-order valence-corrected chi connectivity index (χ3v) is 11.9. The van der Waals surface area contributed by atoms with Gasteiger partial charge in [-0.2, -0.15) is 11.3 Å². The van der Waals surface area contributed by atoms with E-state index in [2.05, 4.69) is 141 Å². The van der Waals surface area contributed by atoms with Gasteiger partial charge >= 0.3 is 0 Å². The molecular formula is C53H45IrN3S-2. The summed E-state index contributed by atoms with van der Waals surface area (Å²) >= 11 is 1.60. The number of nitrogens with zero attached hydrogens (tertiary/aromatic N) is 3. The standard InChI is InChI=1S/C27H18NS.C26H27N2.Ir/c1-16-12-25(28-15-17(16)2)22-9-5-8-21-24-14-23-19(13-26(24)29-27(21)22)11-10-18-6-3-4-7-20(18)23;1-17(2)21-15-19(5)16-22(18(3)4)25(21)28-24-14-10-9-13-23(24)27-26(28)20-11-7-6-8-12-20;/h3-8,10-15H,1-2H3;6-11,13-18H,1-5H3;/q2*-1;/i1D3,2D3;;. The minimum atomic E-state index is -2.58. The predicted octanol–water partition coefficient (Wildman–Crippen LogP) is 14.9. The first-order valence-corrected chi connectivity index (χ1v) is 20.2. The molecule has 289 valence electrons. The zero-order valence-electron chi connectivity index (χ0n) is 38.9. The van der Waals surface area contributed by atoms with Gasteiger partial charge in [0.15, 0.2) is 0 Å². The molecule has 0 amide bonds. The first kappa shape index (κ1) is 32.5. The van der Waals surface area contributed by atoms with Gasteiger partial charge in [-0.15, -0.1) is 59.7 Å². The number of hydrogen-bond acceptors (Lipinski definition) is 3. The van der Waals surface area contributed by atoms with Gasteiger partial charge in [0.25, 0.3) is 0 Å². The van der Waals surface area contributed by atoms with Crippen LogP contribution in [-0.4, -0.2) is 14.5 Å². The zero-order chi connectivity index (χ0) is 44.4. The van der Waals surface area contributed by atoms with Crippen LogP contribution in [0.4, 0.5) is 0 Å². The van der Waals surface area contributed by atoms with Crippen molar-refractivity contribution in [1.29, 1.82) is 0 Å². The molecule has 0 atom stereocenters. The van der Waals surface area contributed by atoms with Crippen LogP contribution in [0, 0.1) is 32.8 Å². The predicted molar refractivity (Wildman–Crippen MR) is 244 cm³/mol. The van der Waals surface area contributed by atoms with Crippen LogP contribution < -0.4 is 0 Å². The van der Waals surface area contributed by atoms with Gasteiger partial charge in [0, 0.05) is 44.9 Å². The fourth-order valence-corrected chi connectivity index (χ4v) is 9.20. The van der Waals surface area contributed by atoms with E-state index >= 15 is 0 Å². The number of thiophene rings is 1. The summed E-state index contributed by atoms with van der Waals surface area (Å²) in [7, 11) is 0. The van der Waals surface area contributed by atoms with E-state index in [-0.39, 0.29) is 31.2 Å². The van der Waals surface area contributed by atoms with Gasteiger partial charge in [-0.05, 0) is 111 Å². The smallest absolute Gasteiger partial charge is 0.0774 e. The molecule has 3 nitrogen and oxygen atoms in total. The van der Waals surface area contributed by atoms with Crippen LogP contribution in [0.3, 0.4) is 0 Å². The molecule has 0 aliphatic heterocycles. The van der Waals surface area contributed by atoms with Crippen molar-refractivity contribution >= 4 is 64.1 Å². The van der Waals surface area contributed by atoms with Crippen LogP contribution in [0.5, 0.6) is 0 Å². The number of fused-ring (bicyclic) bond motifs is 7. The number of pyridine rings is 1. The Hall–Kier alpha value is -5.45. The van der Waals surface area contributed by atoms with Crippen LogP contribution in [0.2, 0.25) is 0 Å². The van der Waals surface area contributed by atoms with Crippen molar-refractivity contribution in [2.45, 2.75) is 60.2 Å². The van der Waals surface area contributed by atoms with Crippen LogP contribution >= 0.6 is 11.3 Å². The van der Waals surface area contributed by atoms with E-state index in [9.17, 15) is 0 Å². The molecule has 0 spiro atoms. The minimum Gasteiger partial charge on any atom is -0.333 e. The van der Waals surface area contributed by atoms with Crippen LogP contribution in [-0.2, 0) is 20.1 Å². The third-order valence-electron chi connectivity index (χ3n) is 10.7. The van der Waals surface area contributed by atoms with Gasteiger partial charge in [-0.25, -0.2) is 0 Å². The Kier molecular flexibility index (Phi) is 9.00. The molecule has 0 bridgehead atoms. The first-order valence-electron chi connectivity index (χ1n) is 22.4. The van der Waals surface area contributed by atoms with Crippen LogP contribution in [0.1, 0.15) is 75.6 Å². The second-order valence-electron chi connectivity index (χ2n) is 15.3. The number of hydrogen-bond donors (Lipinski definition) is 0. The van der Waals surface area contributed by atoms with Crippen LogP contribution in [0.25, 0.3) is 81.1 Å². The molecular weight excluding hydrogens is 903 g/mol. The fraction of sp³-hybridized carbons (Fsp3) is 0.170. The van der Waals surface area contributed by atoms with Gasteiger partial charge < -0.3 is 9.55 Å².